The lowest BCUT2D eigenvalue weighted by molar-refractivity contribution is -0.387. The molecule has 4 rings (SSSR count). The fraction of sp³-hybridized carbons (Fsp3) is 0.130. The minimum atomic E-state index is -3.93. The van der Waals surface area contributed by atoms with Gasteiger partial charge in [0.2, 0.25) is 5.82 Å². The molecule has 0 saturated carbocycles. The number of benzene rings is 3. The van der Waals surface area contributed by atoms with Crippen molar-refractivity contribution in [2.45, 2.75) is 11.3 Å². The molecule has 3 aromatic rings. The molecule has 3 aromatic carbocycles. The molecule has 180 valence electrons. The Labute approximate surface area is 199 Å². The third-order valence-corrected chi connectivity index (χ3v) is 7.07. The molecule has 35 heavy (non-hydrogen) atoms. The number of fused-ring (bicyclic) bond motifs is 1. The SMILES string of the molecule is O=C(COC(=O)c1cccc(S(=O)(=O)N2CCc3ccccc32)c1)Nc1ccc(F)c([N+](=O)[O-])c1. The van der Waals surface area contributed by atoms with Crippen molar-refractivity contribution in [1.82, 2.24) is 0 Å². The molecule has 0 aliphatic carbocycles. The summed E-state index contributed by atoms with van der Waals surface area (Å²) in [4.78, 5) is 34.3. The average molecular weight is 499 g/mol. The number of nitrogens with zero attached hydrogens (tertiary/aromatic N) is 2. The Hall–Kier alpha value is -4.32. The van der Waals surface area contributed by atoms with Crippen LogP contribution in [-0.4, -0.2) is 38.4 Å². The van der Waals surface area contributed by atoms with E-state index in [-0.39, 0.29) is 22.7 Å². The van der Waals surface area contributed by atoms with Gasteiger partial charge in [0.1, 0.15) is 0 Å². The molecular formula is C23H18FN3O7S. The van der Waals surface area contributed by atoms with Gasteiger partial charge in [-0.1, -0.05) is 24.3 Å². The Morgan fingerprint density at radius 3 is 2.63 bits per heavy atom. The van der Waals surface area contributed by atoms with Gasteiger partial charge in [0.25, 0.3) is 15.9 Å². The van der Waals surface area contributed by atoms with E-state index in [1.807, 2.05) is 12.1 Å². The maximum absolute atomic E-state index is 13.4. The Kier molecular flexibility index (Phi) is 6.47. The zero-order valence-corrected chi connectivity index (χ0v) is 18.8. The number of rotatable bonds is 7. The predicted molar refractivity (Wildman–Crippen MR) is 123 cm³/mol. The molecule has 0 unspecified atom stereocenters. The van der Waals surface area contributed by atoms with Crippen LogP contribution in [0, 0.1) is 15.9 Å². The van der Waals surface area contributed by atoms with Gasteiger partial charge in [0, 0.05) is 18.3 Å². The fourth-order valence-corrected chi connectivity index (χ4v) is 5.16. The number of esters is 1. The number of nitro groups is 1. The third kappa shape index (κ3) is 4.96. The normalized spacial score (nSPS) is 12.7. The van der Waals surface area contributed by atoms with E-state index in [2.05, 4.69) is 5.32 Å². The summed E-state index contributed by atoms with van der Waals surface area (Å²) in [6.45, 7) is -0.474. The van der Waals surface area contributed by atoms with E-state index in [9.17, 15) is 32.5 Å². The highest BCUT2D eigenvalue weighted by Gasteiger charge is 2.31. The maximum atomic E-state index is 13.4. The van der Waals surface area contributed by atoms with Gasteiger partial charge in [0.05, 0.1) is 21.1 Å². The van der Waals surface area contributed by atoms with E-state index >= 15 is 0 Å². The van der Waals surface area contributed by atoms with Gasteiger partial charge in [-0.2, -0.15) is 4.39 Å². The smallest absolute Gasteiger partial charge is 0.338 e. The Morgan fingerprint density at radius 2 is 1.86 bits per heavy atom. The number of carbonyl (C=O) groups is 2. The number of sulfonamides is 1. The largest absolute Gasteiger partial charge is 0.452 e. The monoisotopic (exact) mass is 499 g/mol. The third-order valence-electron chi connectivity index (χ3n) is 5.26. The Morgan fingerprint density at radius 1 is 1.09 bits per heavy atom. The van der Waals surface area contributed by atoms with Crippen LogP contribution in [0.15, 0.2) is 71.6 Å². The van der Waals surface area contributed by atoms with E-state index in [1.165, 1.54) is 28.6 Å². The number of amides is 1. The van der Waals surface area contributed by atoms with Crippen LogP contribution in [0.25, 0.3) is 0 Å². The van der Waals surface area contributed by atoms with Crippen molar-refractivity contribution in [2.24, 2.45) is 0 Å². The van der Waals surface area contributed by atoms with Crippen LogP contribution in [0.3, 0.4) is 0 Å². The molecule has 0 atom stereocenters. The number of hydrogen-bond acceptors (Lipinski definition) is 7. The first-order valence-corrected chi connectivity index (χ1v) is 11.7. The highest BCUT2D eigenvalue weighted by molar-refractivity contribution is 7.92. The lowest BCUT2D eigenvalue weighted by Gasteiger charge is -2.19. The minimum absolute atomic E-state index is 0.0573. The first kappa shape index (κ1) is 23.8. The van der Waals surface area contributed by atoms with Gasteiger partial charge in [-0.15, -0.1) is 0 Å². The van der Waals surface area contributed by atoms with Gasteiger partial charge in [-0.05, 0) is 48.4 Å². The molecule has 1 N–H and O–H groups in total. The summed E-state index contributed by atoms with van der Waals surface area (Å²) < 4.78 is 46.0. The molecule has 0 bridgehead atoms. The van der Waals surface area contributed by atoms with E-state index in [4.69, 9.17) is 4.74 Å². The number of anilines is 2. The zero-order chi connectivity index (χ0) is 25.2. The molecule has 0 radical (unpaired) electrons. The van der Waals surface area contributed by atoms with Gasteiger partial charge in [-0.25, -0.2) is 13.2 Å². The topological polar surface area (TPSA) is 136 Å². The molecule has 1 heterocycles. The van der Waals surface area contributed by atoms with Crippen molar-refractivity contribution in [1.29, 1.82) is 0 Å². The van der Waals surface area contributed by atoms with Crippen molar-refractivity contribution in [2.75, 3.05) is 22.8 Å². The van der Waals surface area contributed by atoms with Crippen LogP contribution in [-0.2, 0) is 26.0 Å². The first-order chi connectivity index (χ1) is 16.7. The van der Waals surface area contributed by atoms with Crippen molar-refractivity contribution in [3.05, 3.63) is 93.8 Å². The van der Waals surface area contributed by atoms with Gasteiger partial charge in [0.15, 0.2) is 6.61 Å². The first-order valence-electron chi connectivity index (χ1n) is 10.3. The van der Waals surface area contributed by atoms with Crippen LogP contribution < -0.4 is 9.62 Å². The molecular weight excluding hydrogens is 481 g/mol. The maximum Gasteiger partial charge on any atom is 0.338 e. The van der Waals surface area contributed by atoms with E-state index in [0.717, 1.165) is 23.8 Å². The highest BCUT2D eigenvalue weighted by atomic mass is 32.2. The van der Waals surface area contributed by atoms with Gasteiger partial charge in [-0.3, -0.25) is 19.2 Å². The number of carbonyl (C=O) groups excluding carboxylic acids is 2. The highest BCUT2D eigenvalue weighted by Crippen LogP contribution is 2.32. The van der Waals surface area contributed by atoms with E-state index < -0.39 is 44.9 Å². The predicted octanol–water partition coefficient (Wildman–Crippen LogP) is 3.28. The van der Waals surface area contributed by atoms with Crippen molar-refractivity contribution >= 4 is 39.0 Å². The number of para-hydroxylation sites is 1. The van der Waals surface area contributed by atoms with Crippen LogP contribution in [0.1, 0.15) is 15.9 Å². The lowest BCUT2D eigenvalue weighted by Crippen LogP contribution is -2.29. The summed E-state index contributed by atoms with van der Waals surface area (Å²) in [5.41, 5.74) is 0.530. The summed E-state index contributed by atoms with van der Waals surface area (Å²) in [5, 5.41) is 13.1. The molecule has 12 heteroatoms. The molecule has 1 aliphatic rings. The van der Waals surface area contributed by atoms with Crippen LogP contribution in [0.4, 0.5) is 21.5 Å². The Bertz CT molecular complexity index is 1440. The molecule has 0 spiro atoms. The van der Waals surface area contributed by atoms with E-state index in [1.54, 1.807) is 12.1 Å². The number of nitro benzene ring substituents is 1. The summed E-state index contributed by atoms with van der Waals surface area (Å²) in [7, 11) is -3.93. The molecule has 1 amide bonds. The standard InChI is InChI=1S/C23H18FN3O7S/c24-19-9-8-17(13-21(19)27(30)31)25-22(28)14-34-23(29)16-5-3-6-18(12-16)35(32,33)26-11-10-15-4-1-2-7-20(15)26/h1-9,12-13H,10-11,14H2,(H,25,28). The second kappa shape index (κ2) is 9.50. The van der Waals surface area contributed by atoms with Crippen molar-refractivity contribution < 1.29 is 32.1 Å². The van der Waals surface area contributed by atoms with E-state index in [0.29, 0.717) is 12.1 Å². The molecule has 0 aromatic heterocycles. The lowest BCUT2D eigenvalue weighted by atomic mass is 10.2. The zero-order valence-electron chi connectivity index (χ0n) is 18.0. The fourth-order valence-electron chi connectivity index (χ4n) is 3.61. The molecule has 1 aliphatic heterocycles. The number of hydrogen-bond donors (Lipinski definition) is 1. The Balaban J connectivity index is 1.43. The van der Waals surface area contributed by atoms with Gasteiger partial charge >= 0.3 is 11.7 Å². The molecule has 10 nitrogen and oxygen atoms in total. The second-order valence-electron chi connectivity index (χ2n) is 7.53. The van der Waals surface area contributed by atoms with Crippen LogP contribution in [0.2, 0.25) is 0 Å². The van der Waals surface area contributed by atoms with Crippen LogP contribution >= 0.6 is 0 Å². The number of ether oxygens (including phenoxy) is 1. The summed E-state index contributed by atoms with van der Waals surface area (Å²) >= 11 is 0. The van der Waals surface area contributed by atoms with Gasteiger partial charge < -0.3 is 10.1 Å². The summed E-state index contributed by atoms with van der Waals surface area (Å²) in [5.74, 6) is -2.83. The molecule has 0 fully saturated rings. The number of nitrogens with one attached hydrogen (secondary N) is 1. The minimum Gasteiger partial charge on any atom is -0.452 e. The average Bonchev–Trinajstić information content (AvgIpc) is 3.29. The quantitative estimate of drug-likeness (QED) is 0.299. The van der Waals surface area contributed by atoms with Crippen LogP contribution in [0.5, 0.6) is 0 Å². The number of halogens is 1. The molecule has 0 saturated heterocycles. The summed E-state index contributed by atoms with van der Waals surface area (Å²) in [6, 6.07) is 15.2. The second-order valence-corrected chi connectivity index (χ2v) is 9.39. The summed E-state index contributed by atoms with van der Waals surface area (Å²) in [6.07, 6.45) is 0.573. The van der Waals surface area contributed by atoms with Crippen molar-refractivity contribution in [3.8, 4) is 0 Å². The van der Waals surface area contributed by atoms with Crippen molar-refractivity contribution in [3.63, 3.8) is 0 Å².